The molecule has 2 atom stereocenters. The molecule has 2 aliphatic heterocycles. The van der Waals surface area contributed by atoms with Crippen LogP contribution < -0.4 is 20.3 Å². The van der Waals surface area contributed by atoms with Gasteiger partial charge in [0, 0.05) is 82.3 Å². The van der Waals surface area contributed by atoms with Gasteiger partial charge >= 0.3 is 0 Å². The second kappa shape index (κ2) is 14.8. The number of aromatic nitrogens is 1. The number of piperidine rings is 1. The van der Waals surface area contributed by atoms with E-state index in [9.17, 15) is 9.59 Å². The molecule has 2 aromatic rings. The number of carbonyl (C=O) groups is 2. The van der Waals surface area contributed by atoms with Gasteiger partial charge < -0.3 is 30.1 Å². The van der Waals surface area contributed by atoms with Crippen molar-refractivity contribution < 1.29 is 14.3 Å². The van der Waals surface area contributed by atoms with Gasteiger partial charge in [-0.05, 0) is 62.7 Å². The van der Waals surface area contributed by atoms with E-state index in [2.05, 4.69) is 50.7 Å². The van der Waals surface area contributed by atoms with Crippen molar-refractivity contribution in [3.8, 4) is 5.75 Å². The van der Waals surface area contributed by atoms with Crippen molar-refractivity contribution in [1.82, 2.24) is 25.4 Å². The highest BCUT2D eigenvalue weighted by Crippen LogP contribution is 2.29. The Morgan fingerprint density at radius 3 is 2.85 bits per heavy atom. The summed E-state index contributed by atoms with van der Waals surface area (Å²) in [7, 11) is 6.07. The van der Waals surface area contributed by atoms with E-state index < -0.39 is 0 Å². The molecule has 2 aliphatic rings. The van der Waals surface area contributed by atoms with E-state index in [1.807, 2.05) is 55.5 Å². The molecule has 4 rings (SSSR count). The molecule has 0 saturated carbocycles. The van der Waals surface area contributed by atoms with Crippen LogP contribution in [-0.2, 0) is 22.6 Å². The zero-order valence-corrected chi connectivity index (χ0v) is 24.1. The van der Waals surface area contributed by atoms with Crippen LogP contribution in [0, 0.1) is 11.8 Å². The van der Waals surface area contributed by atoms with Gasteiger partial charge in [0.2, 0.25) is 11.8 Å². The van der Waals surface area contributed by atoms with Crippen LogP contribution >= 0.6 is 0 Å². The maximum Gasteiger partial charge on any atom is 0.236 e. The van der Waals surface area contributed by atoms with Gasteiger partial charge in [0.1, 0.15) is 12.4 Å². The fourth-order valence-corrected chi connectivity index (χ4v) is 5.28. The fraction of sp³-hybridized carbons (Fsp3) is 0.516. The summed E-state index contributed by atoms with van der Waals surface area (Å²) in [6.45, 7) is 4.86. The molecule has 1 aromatic heterocycles. The van der Waals surface area contributed by atoms with E-state index >= 15 is 0 Å². The Hall–Kier alpha value is -3.43. The molecule has 0 spiro atoms. The summed E-state index contributed by atoms with van der Waals surface area (Å²) in [6, 6.07) is 12.2. The number of pyridine rings is 1. The fourth-order valence-electron chi connectivity index (χ4n) is 5.28. The maximum absolute atomic E-state index is 13.1. The van der Waals surface area contributed by atoms with Gasteiger partial charge in [-0.1, -0.05) is 18.2 Å². The molecule has 216 valence electrons. The lowest BCUT2D eigenvalue weighted by molar-refractivity contribution is -0.132. The van der Waals surface area contributed by atoms with Crippen molar-refractivity contribution in [3.05, 3.63) is 66.0 Å². The topological polar surface area (TPSA) is 90.0 Å². The first kappa shape index (κ1) is 29.6. The lowest BCUT2D eigenvalue weighted by Gasteiger charge is -2.37. The average molecular weight is 549 g/mol. The van der Waals surface area contributed by atoms with Crippen molar-refractivity contribution in [3.63, 3.8) is 0 Å². The molecule has 0 radical (unpaired) electrons. The lowest BCUT2D eigenvalue weighted by atomic mass is 9.82. The van der Waals surface area contributed by atoms with Gasteiger partial charge in [-0.15, -0.1) is 0 Å². The van der Waals surface area contributed by atoms with E-state index in [0.29, 0.717) is 39.2 Å². The zero-order chi connectivity index (χ0) is 28.3. The highest BCUT2D eigenvalue weighted by atomic mass is 16.5. The molecular formula is C31H44N6O3. The minimum absolute atomic E-state index is 0.0793. The number of amides is 2. The van der Waals surface area contributed by atoms with E-state index in [-0.39, 0.29) is 30.2 Å². The Labute approximate surface area is 238 Å². The molecule has 0 aliphatic carbocycles. The van der Waals surface area contributed by atoms with Crippen LogP contribution in [0.2, 0.25) is 0 Å². The maximum atomic E-state index is 13.1. The molecule has 3 heterocycles. The Balaban J connectivity index is 1.40. The van der Waals surface area contributed by atoms with Crippen LogP contribution in [0.3, 0.4) is 0 Å². The first-order valence-corrected chi connectivity index (χ1v) is 14.3. The Bertz CT molecular complexity index is 1140. The molecule has 2 amide bonds. The highest BCUT2D eigenvalue weighted by Gasteiger charge is 2.31. The minimum atomic E-state index is 0.0793. The van der Waals surface area contributed by atoms with Crippen molar-refractivity contribution in [1.29, 1.82) is 0 Å². The van der Waals surface area contributed by atoms with E-state index in [0.717, 1.165) is 48.6 Å². The number of ether oxygens (including phenoxy) is 1. The van der Waals surface area contributed by atoms with Crippen LogP contribution in [0.15, 0.2) is 54.7 Å². The molecule has 9 heteroatoms. The van der Waals surface area contributed by atoms with Crippen molar-refractivity contribution in [2.45, 2.75) is 25.8 Å². The molecular weight excluding hydrogens is 504 g/mol. The molecule has 1 saturated heterocycles. The predicted octanol–water partition coefficient (Wildman–Crippen LogP) is 2.33. The molecule has 0 unspecified atom stereocenters. The SMILES string of the molecule is CN(C)CCNC(=O)C[C@@H]1CCN2C[C@@H]1C=CCOc1ccc(N(C)CCc3ccccn3)cc1CNCC2=O. The minimum Gasteiger partial charge on any atom is -0.489 e. The number of rotatable bonds is 9. The van der Waals surface area contributed by atoms with Crippen LogP contribution in [0.5, 0.6) is 5.75 Å². The van der Waals surface area contributed by atoms with Crippen LogP contribution in [0.4, 0.5) is 5.69 Å². The zero-order valence-electron chi connectivity index (χ0n) is 24.1. The highest BCUT2D eigenvalue weighted by molar-refractivity contribution is 5.79. The van der Waals surface area contributed by atoms with E-state index in [4.69, 9.17) is 4.74 Å². The standard InChI is InChI=1S/C31H44N6O3/c1-35(2)17-14-34-30(38)20-24-11-16-37-23-25(24)7-6-18-40-29-10-9-28(19-26(29)21-32-22-31(37)39)36(3)15-12-27-8-4-5-13-33-27/h4-10,13,19,24-25,32H,11-12,14-18,20-23H2,1-3H3,(H,34,38)/t24-,25-/m0/s1. The first-order valence-electron chi connectivity index (χ1n) is 14.3. The third-order valence-electron chi connectivity index (χ3n) is 7.71. The van der Waals surface area contributed by atoms with Gasteiger partial charge in [0.05, 0.1) is 6.54 Å². The van der Waals surface area contributed by atoms with Gasteiger partial charge in [-0.3, -0.25) is 14.6 Å². The Morgan fingerprint density at radius 2 is 2.05 bits per heavy atom. The normalized spacial score (nSPS) is 19.6. The van der Waals surface area contributed by atoms with Gasteiger partial charge in [-0.2, -0.15) is 0 Å². The van der Waals surface area contributed by atoms with Crippen molar-refractivity contribution in [2.24, 2.45) is 11.8 Å². The third-order valence-corrected chi connectivity index (χ3v) is 7.71. The number of likely N-dealkylation sites (N-methyl/N-ethyl adjacent to an activating group) is 2. The summed E-state index contributed by atoms with van der Waals surface area (Å²) in [5.41, 5.74) is 3.19. The summed E-state index contributed by atoms with van der Waals surface area (Å²) in [5, 5.41) is 6.38. The number of benzene rings is 1. The number of hydrogen-bond acceptors (Lipinski definition) is 7. The third kappa shape index (κ3) is 8.79. The number of nitrogens with one attached hydrogen (secondary N) is 2. The average Bonchev–Trinajstić information content (AvgIpc) is 2.96. The predicted molar refractivity (Wildman–Crippen MR) is 158 cm³/mol. The molecule has 40 heavy (non-hydrogen) atoms. The number of carbonyl (C=O) groups excluding carboxylic acids is 2. The summed E-state index contributed by atoms with van der Waals surface area (Å²) in [6.07, 6.45) is 8.16. The van der Waals surface area contributed by atoms with Crippen molar-refractivity contribution in [2.75, 3.05) is 71.9 Å². The molecule has 2 N–H and O–H groups in total. The number of fused-ring (bicyclic) bond motifs is 3. The second-order valence-corrected chi connectivity index (χ2v) is 11.0. The van der Waals surface area contributed by atoms with E-state index in [1.165, 1.54) is 0 Å². The quantitative estimate of drug-likeness (QED) is 0.465. The number of hydrogen-bond donors (Lipinski definition) is 2. The summed E-state index contributed by atoms with van der Waals surface area (Å²) in [4.78, 5) is 36.3. The van der Waals surface area contributed by atoms with Gasteiger partial charge in [0.15, 0.2) is 0 Å². The Kier molecular flexibility index (Phi) is 10.9. The summed E-state index contributed by atoms with van der Waals surface area (Å²) < 4.78 is 6.18. The van der Waals surface area contributed by atoms with Crippen LogP contribution in [-0.4, -0.2) is 93.6 Å². The molecule has 9 nitrogen and oxygen atoms in total. The monoisotopic (exact) mass is 548 g/mol. The summed E-state index contributed by atoms with van der Waals surface area (Å²) in [5.74, 6) is 1.31. The Morgan fingerprint density at radius 1 is 1.18 bits per heavy atom. The van der Waals surface area contributed by atoms with Gasteiger partial charge in [-0.25, -0.2) is 0 Å². The smallest absolute Gasteiger partial charge is 0.236 e. The molecule has 1 fully saturated rings. The van der Waals surface area contributed by atoms with Crippen LogP contribution in [0.1, 0.15) is 24.1 Å². The molecule has 1 aromatic carbocycles. The first-order chi connectivity index (χ1) is 19.4. The van der Waals surface area contributed by atoms with Crippen LogP contribution in [0.25, 0.3) is 0 Å². The second-order valence-electron chi connectivity index (χ2n) is 11.0. The largest absolute Gasteiger partial charge is 0.489 e. The molecule has 2 bridgehead atoms. The lowest BCUT2D eigenvalue weighted by Crippen LogP contribution is -2.47. The number of anilines is 1. The number of nitrogens with zero attached hydrogens (tertiary/aromatic N) is 4. The summed E-state index contributed by atoms with van der Waals surface area (Å²) >= 11 is 0. The van der Waals surface area contributed by atoms with Gasteiger partial charge in [0.25, 0.3) is 0 Å². The van der Waals surface area contributed by atoms with E-state index in [1.54, 1.807) is 0 Å². The van der Waals surface area contributed by atoms with Crippen molar-refractivity contribution >= 4 is 17.5 Å².